The first-order valence-electron chi connectivity index (χ1n) is 5.99. The van der Waals surface area contributed by atoms with Crippen molar-refractivity contribution in [2.24, 2.45) is 12.8 Å². The van der Waals surface area contributed by atoms with Crippen molar-refractivity contribution in [1.82, 2.24) is 19.3 Å². The second kappa shape index (κ2) is 4.17. The summed E-state index contributed by atoms with van der Waals surface area (Å²) in [6, 6.07) is 4.26. The molecule has 1 unspecified atom stereocenters. The average molecular weight is 259 g/mol. The zero-order valence-corrected chi connectivity index (χ0v) is 10.7. The zero-order chi connectivity index (χ0) is 13.6. The Morgan fingerprint density at radius 2 is 2.16 bits per heavy atom. The standard InChI is InChI=1S/C13H14FN5/c1-8(15)13-17-11-4-3-9(14)5-12(11)19(13)10-6-16-18(2)7-10/h3-8H,15H2,1-2H3. The fourth-order valence-electron chi connectivity index (χ4n) is 2.17. The van der Waals surface area contributed by atoms with Crippen LogP contribution >= 0.6 is 0 Å². The van der Waals surface area contributed by atoms with Gasteiger partial charge in [-0.15, -0.1) is 0 Å². The van der Waals surface area contributed by atoms with E-state index in [4.69, 9.17) is 5.73 Å². The molecule has 2 heterocycles. The molecule has 0 aliphatic heterocycles. The third-order valence-corrected chi connectivity index (χ3v) is 3.00. The summed E-state index contributed by atoms with van der Waals surface area (Å²) in [5.74, 6) is 0.391. The minimum atomic E-state index is -0.297. The summed E-state index contributed by atoms with van der Waals surface area (Å²) in [5.41, 5.74) is 8.19. The van der Waals surface area contributed by atoms with Crippen molar-refractivity contribution in [3.8, 4) is 5.69 Å². The summed E-state index contributed by atoms with van der Waals surface area (Å²) in [6.07, 6.45) is 3.55. The van der Waals surface area contributed by atoms with Crippen molar-refractivity contribution < 1.29 is 4.39 Å². The maximum atomic E-state index is 13.5. The zero-order valence-electron chi connectivity index (χ0n) is 10.7. The molecule has 0 aliphatic rings. The second-order valence-electron chi connectivity index (χ2n) is 4.60. The summed E-state index contributed by atoms with van der Waals surface area (Å²) >= 11 is 0. The maximum absolute atomic E-state index is 13.5. The predicted molar refractivity (Wildman–Crippen MR) is 70.4 cm³/mol. The van der Waals surface area contributed by atoms with Crippen LogP contribution in [-0.2, 0) is 7.05 Å². The van der Waals surface area contributed by atoms with Gasteiger partial charge < -0.3 is 5.73 Å². The molecule has 0 fully saturated rings. The molecule has 0 saturated carbocycles. The summed E-state index contributed by atoms with van der Waals surface area (Å²) in [4.78, 5) is 4.47. The molecular weight excluding hydrogens is 245 g/mol. The lowest BCUT2D eigenvalue weighted by molar-refractivity contribution is 0.629. The monoisotopic (exact) mass is 259 g/mol. The lowest BCUT2D eigenvalue weighted by atomic mass is 10.3. The number of benzene rings is 1. The molecular formula is C13H14FN5. The highest BCUT2D eigenvalue weighted by Gasteiger charge is 2.16. The van der Waals surface area contributed by atoms with Crippen molar-refractivity contribution in [1.29, 1.82) is 0 Å². The van der Waals surface area contributed by atoms with Crippen LogP contribution in [0.2, 0.25) is 0 Å². The molecule has 1 atom stereocenters. The first kappa shape index (κ1) is 11.9. The molecule has 19 heavy (non-hydrogen) atoms. The quantitative estimate of drug-likeness (QED) is 0.764. The molecule has 2 N–H and O–H groups in total. The third kappa shape index (κ3) is 1.90. The van der Waals surface area contributed by atoms with E-state index in [1.54, 1.807) is 16.9 Å². The van der Waals surface area contributed by atoms with Crippen LogP contribution in [-0.4, -0.2) is 19.3 Å². The number of halogens is 1. The number of rotatable bonds is 2. The van der Waals surface area contributed by atoms with Gasteiger partial charge in [0, 0.05) is 19.3 Å². The SMILES string of the molecule is CC(N)c1nc2ccc(F)cc2n1-c1cnn(C)c1. The molecule has 0 bridgehead atoms. The number of hydrogen-bond acceptors (Lipinski definition) is 3. The fourth-order valence-corrected chi connectivity index (χ4v) is 2.17. The molecule has 0 amide bonds. The Morgan fingerprint density at radius 3 is 2.79 bits per heavy atom. The van der Waals surface area contributed by atoms with Gasteiger partial charge in [0.25, 0.3) is 0 Å². The van der Waals surface area contributed by atoms with E-state index in [1.807, 2.05) is 24.7 Å². The third-order valence-electron chi connectivity index (χ3n) is 3.00. The molecule has 3 aromatic rings. The Bertz CT molecular complexity index is 741. The van der Waals surface area contributed by atoms with Crippen molar-refractivity contribution in [2.75, 3.05) is 0 Å². The predicted octanol–water partition coefficient (Wildman–Crippen LogP) is 1.92. The first-order valence-corrected chi connectivity index (χ1v) is 5.99. The fraction of sp³-hybridized carbons (Fsp3) is 0.231. The highest BCUT2D eigenvalue weighted by atomic mass is 19.1. The Kier molecular flexibility index (Phi) is 2.60. The Hall–Kier alpha value is -2.21. The van der Waals surface area contributed by atoms with E-state index in [2.05, 4.69) is 10.1 Å². The number of fused-ring (bicyclic) bond motifs is 1. The van der Waals surface area contributed by atoms with Crippen molar-refractivity contribution in [3.05, 3.63) is 42.2 Å². The number of nitrogens with zero attached hydrogens (tertiary/aromatic N) is 4. The molecule has 2 aromatic heterocycles. The Balaban J connectivity index is 2.35. The Labute approximate surface area is 109 Å². The van der Waals surface area contributed by atoms with Gasteiger partial charge in [-0.25, -0.2) is 9.37 Å². The van der Waals surface area contributed by atoms with Gasteiger partial charge in [0.05, 0.1) is 29.0 Å². The highest BCUT2D eigenvalue weighted by Crippen LogP contribution is 2.24. The van der Waals surface area contributed by atoms with Crippen LogP contribution in [0.4, 0.5) is 4.39 Å². The van der Waals surface area contributed by atoms with Gasteiger partial charge in [-0.3, -0.25) is 9.25 Å². The minimum Gasteiger partial charge on any atom is -0.322 e. The molecule has 0 radical (unpaired) electrons. The average Bonchev–Trinajstić information content (AvgIpc) is 2.92. The van der Waals surface area contributed by atoms with Gasteiger partial charge in [0.1, 0.15) is 11.6 Å². The number of aromatic nitrogens is 4. The van der Waals surface area contributed by atoms with Crippen molar-refractivity contribution in [2.45, 2.75) is 13.0 Å². The van der Waals surface area contributed by atoms with Crippen molar-refractivity contribution >= 4 is 11.0 Å². The van der Waals surface area contributed by atoms with Gasteiger partial charge >= 0.3 is 0 Å². The lowest BCUT2D eigenvalue weighted by Crippen LogP contribution is -2.12. The van der Waals surface area contributed by atoms with Crippen LogP contribution < -0.4 is 5.73 Å². The van der Waals surface area contributed by atoms with E-state index >= 15 is 0 Å². The second-order valence-corrected chi connectivity index (χ2v) is 4.60. The molecule has 0 aliphatic carbocycles. The van der Waals surface area contributed by atoms with Crippen LogP contribution in [0.25, 0.3) is 16.7 Å². The molecule has 98 valence electrons. The van der Waals surface area contributed by atoms with Gasteiger partial charge in [0.2, 0.25) is 0 Å². The van der Waals surface area contributed by atoms with E-state index in [1.165, 1.54) is 12.1 Å². The van der Waals surface area contributed by atoms with E-state index in [0.717, 1.165) is 11.2 Å². The van der Waals surface area contributed by atoms with Gasteiger partial charge in [0.15, 0.2) is 0 Å². The number of aryl methyl sites for hydroxylation is 1. The van der Waals surface area contributed by atoms with Crippen LogP contribution in [0.15, 0.2) is 30.6 Å². The van der Waals surface area contributed by atoms with Crippen LogP contribution in [0.3, 0.4) is 0 Å². The van der Waals surface area contributed by atoms with Gasteiger partial charge in [-0.2, -0.15) is 5.10 Å². The van der Waals surface area contributed by atoms with E-state index in [9.17, 15) is 4.39 Å². The molecule has 3 rings (SSSR count). The largest absolute Gasteiger partial charge is 0.322 e. The Morgan fingerprint density at radius 1 is 1.37 bits per heavy atom. The summed E-state index contributed by atoms with van der Waals surface area (Å²) in [7, 11) is 1.83. The number of nitrogens with two attached hydrogens (primary N) is 1. The van der Waals surface area contributed by atoms with E-state index in [-0.39, 0.29) is 11.9 Å². The topological polar surface area (TPSA) is 61.7 Å². The molecule has 0 saturated heterocycles. The van der Waals surface area contributed by atoms with Gasteiger partial charge in [-0.1, -0.05) is 0 Å². The maximum Gasteiger partial charge on any atom is 0.131 e. The number of imidazole rings is 1. The summed E-state index contributed by atoms with van der Waals surface area (Å²) in [5, 5.41) is 4.14. The molecule has 5 nitrogen and oxygen atoms in total. The van der Waals surface area contributed by atoms with Crippen LogP contribution in [0.1, 0.15) is 18.8 Å². The van der Waals surface area contributed by atoms with E-state index < -0.39 is 0 Å². The smallest absolute Gasteiger partial charge is 0.131 e. The number of hydrogen-bond donors (Lipinski definition) is 1. The van der Waals surface area contributed by atoms with E-state index in [0.29, 0.717) is 11.3 Å². The molecule has 6 heteroatoms. The summed E-state index contributed by atoms with van der Waals surface area (Å²) < 4.78 is 17.0. The highest BCUT2D eigenvalue weighted by molar-refractivity contribution is 5.78. The van der Waals surface area contributed by atoms with Crippen LogP contribution in [0.5, 0.6) is 0 Å². The first-order chi connectivity index (χ1) is 9.06. The summed E-state index contributed by atoms with van der Waals surface area (Å²) in [6.45, 7) is 1.85. The normalized spacial score (nSPS) is 13.1. The van der Waals surface area contributed by atoms with Crippen LogP contribution in [0, 0.1) is 5.82 Å². The molecule has 1 aromatic carbocycles. The molecule has 0 spiro atoms. The van der Waals surface area contributed by atoms with Gasteiger partial charge in [-0.05, 0) is 19.1 Å². The lowest BCUT2D eigenvalue weighted by Gasteiger charge is -2.08. The van der Waals surface area contributed by atoms with Crippen molar-refractivity contribution in [3.63, 3.8) is 0 Å². The minimum absolute atomic E-state index is 0.254.